The summed E-state index contributed by atoms with van der Waals surface area (Å²) >= 11 is 0. The maximum Gasteiger partial charge on any atom is 0.161 e. The Morgan fingerprint density at radius 3 is 2.80 bits per heavy atom. The van der Waals surface area contributed by atoms with Gasteiger partial charge in [-0.3, -0.25) is 0 Å². The van der Waals surface area contributed by atoms with E-state index in [2.05, 4.69) is 24.4 Å². The molecule has 0 amide bonds. The minimum absolute atomic E-state index is 0.345. The Balaban J connectivity index is 2.04. The molecule has 0 saturated heterocycles. The lowest BCUT2D eigenvalue weighted by Crippen LogP contribution is -2.25. The molecule has 3 heteroatoms. The zero-order chi connectivity index (χ0) is 14.4. The van der Waals surface area contributed by atoms with Crippen molar-refractivity contribution in [2.24, 2.45) is 5.92 Å². The summed E-state index contributed by atoms with van der Waals surface area (Å²) in [5, 5.41) is 3.15. The van der Waals surface area contributed by atoms with Crippen molar-refractivity contribution in [3.05, 3.63) is 23.8 Å². The number of hydrogen-bond donors (Lipinski definition) is 1. The van der Waals surface area contributed by atoms with Crippen LogP contribution in [0, 0.1) is 5.92 Å². The average molecular weight is 277 g/mol. The van der Waals surface area contributed by atoms with Crippen molar-refractivity contribution in [1.82, 2.24) is 5.32 Å². The Kier molecular flexibility index (Phi) is 5.72. The van der Waals surface area contributed by atoms with Crippen LogP contribution in [0.2, 0.25) is 0 Å². The normalized spacial score (nSPS) is 22.6. The Labute approximate surface area is 122 Å². The Bertz CT molecular complexity index is 419. The van der Waals surface area contributed by atoms with Gasteiger partial charge < -0.3 is 14.8 Å². The fourth-order valence-electron chi connectivity index (χ4n) is 3.02. The van der Waals surface area contributed by atoms with Gasteiger partial charge in [0.15, 0.2) is 11.5 Å². The predicted octanol–water partition coefficient (Wildman–Crippen LogP) is 3.76. The van der Waals surface area contributed by atoms with Crippen LogP contribution in [0.5, 0.6) is 11.5 Å². The van der Waals surface area contributed by atoms with Crippen molar-refractivity contribution >= 4 is 0 Å². The van der Waals surface area contributed by atoms with Gasteiger partial charge in [-0.2, -0.15) is 0 Å². The zero-order valence-corrected chi connectivity index (χ0v) is 12.9. The maximum absolute atomic E-state index is 6.20. The summed E-state index contributed by atoms with van der Waals surface area (Å²) in [7, 11) is 3.66. The molecule has 1 aliphatic rings. The summed E-state index contributed by atoms with van der Waals surface area (Å²) in [4.78, 5) is 0. The predicted molar refractivity (Wildman–Crippen MR) is 82.4 cm³/mol. The van der Waals surface area contributed by atoms with Crippen molar-refractivity contribution < 1.29 is 9.47 Å². The highest BCUT2D eigenvalue weighted by Gasteiger charge is 2.23. The van der Waals surface area contributed by atoms with E-state index in [1.807, 2.05) is 13.1 Å². The van der Waals surface area contributed by atoms with Crippen LogP contribution in [-0.4, -0.2) is 20.3 Å². The van der Waals surface area contributed by atoms with Crippen LogP contribution in [-0.2, 0) is 6.54 Å². The molecular formula is C17H27NO2. The van der Waals surface area contributed by atoms with E-state index in [0.29, 0.717) is 6.10 Å². The van der Waals surface area contributed by atoms with E-state index in [0.717, 1.165) is 30.4 Å². The summed E-state index contributed by atoms with van der Waals surface area (Å²) in [6.07, 6.45) is 6.59. The molecule has 1 aromatic rings. The van der Waals surface area contributed by atoms with Crippen LogP contribution >= 0.6 is 0 Å². The molecule has 2 unspecified atom stereocenters. The van der Waals surface area contributed by atoms with Gasteiger partial charge in [-0.15, -0.1) is 0 Å². The molecule has 1 fully saturated rings. The monoisotopic (exact) mass is 277 g/mol. The lowest BCUT2D eigenvalue weighted by molar-refractivity contribution is 0.118. The summed E-state index contributed by atoms with van der Waals surface area (Å²) in [5.74, 6) is 2.55. The molecule has 0 heterocycles. The molecule has 2 rings (SSSR count). The van der Waals surface area contributed by atoms with Crippen LogP contribution < -0.4 is 14.8 Å². The molecule has 0 aromatic heterocycles. The molecule has 20 heavy (non-hydrogen) atoms. The fourth-order valence-corrected chi connectivity index (χ4v) is 3.02. The third kappa shape index (κ3) is 3.89. The van der Waals surface area contributed by atoms with Crippen LogP contribution in [0.3, 0.4) is 0 Å². The van der Waals surface area contributed by atoms with Crippen LogP contribution in [0.4, 0.5) is 0 Å². The first-order chi connectivity index (χ1) is 9.76. The molecule has 112 valence electrons. The first-order valence-electron chi connectivity index (χ1n) is 7.75. The van der Waals surface area contributed by atoms with Gasteiger partial charge in [0, 0.05) is 6.54 Å². The Morgan fingerprint density at radius 2 is 2.10 bits per heavy atom. The summed E-state index contributed by atoms with van der Waals surface area (Å²) in [5.41, 5.74) is 1.21. The molecule has 0 radical (unpaired) electrons. The third-order valence-electron chi connectivity index (χ3n) is 4.21. The van der Waals surface area contributed by atoms with E-state index in [-0.39, 0.29) is 0 Å². The minimum Gasteiger partial charge on any atom is -0.493 e. The second kappa shape index (κ2) is 7.53. The molecule has 2 atom stereocenters. The third-order valence-corrected chi connectivity index (χ3v) is 4.21. The first-order valence-corrected chi connectivity index (χ1v) is 7.75. The van der Waals surface area contributed by atoms with E-state index < -0.39 is 0 Å². The molecule has 0 aliphatic heterocycles. The average Bonchev–Trinajstić information content (AvgIpc) is 2.49. The molecule has 1 N–H and O–H groups in total. The number of ether oxygens (including phenoxy) is 2. The molecule has 0 spiro atoms. The first kappa shape index (κ1) is 15.2. The number of nitrogens with one attached hydrogen (secondary N) is 1. The van der Waals surface area contributed by atoms with Gasteiger partial charge in [0.25, 0.3) is 0 Å². The van der Waals surface area contributed by atoms with E-state index >= 15 is 0 Å². The highest BCUT2D eigenvalue weighted by Crippen LogP contribution is 2.34. The van der Waals surface area contributed by atoms with E-state index in [4.69, 9.17) is 9.47 Å². The molecule has 1 saturated carbocycles. The van der Waals surface area contributed by atoms with Crippen LogP contribution in [0.25, 0.3) is 0 Å². The largest absolute Gasteiger partial charge is 0.493 e. The van der Waals surface area contributed by atoms with Gasteiger partial charge in [0.1, 0.15) is 0 Å². The van der Waals surface area contributed by atoms with E-state index in [1.54, 1.807) is 7.11 Å². The second-order valence-corrected chi connectivity index (χ2v) is 5.70. The lowest BCUT2D eigenvalue weighted by atomic mass is 9.85. The van der Waals surface area contributed by atoms with Gasteiger partial charge in [0.2, 0.25) is 0 Å². The molecule has 3 nitrogen and oxygen atoms in total. The van der Waals surface area contributed by atoms with Crippen molar-refractivity contribution in [2.75, 3.05) is 14.2 Å². The second-order valence-electron chi connectivity index (χ2n) is 5.70. The molecule has 1 aliphatic carbocycles. The van der Waals surface area contributed by atoms with Crippen molar-refractivity contribution in [1.29, 1.82) is 0 Å². The van der Waals surface area contributed by atoms with E-state index in [1.165, 1.54) is 31.2 Å². The molecule has 1 aromatic carbocycles. The smallest absolute Gasteiger partial charge is 0.161 e. The van der Waals surface area contributed by atoms with Crippen LogP contribution in [0.15, 0.2) is 18.2 Å². The minimum atomic E-state index is 0.345. The summed E-state index contributed by atoms with van der Waals surface area (Å²) in [6.45, 7) is 3.12. The number of hydrogen-bond acceptors (Lipinski definition) is 3. The van der Waals surface area contributed by atoms with Crippen molar-refractivity contribution in [3.63, 3.8) is 0 Å². The van der Waals surface area contributed by atoms with Gasteiger partial charge in [-0.05, 0) is 49.9 Å². The van der Waals surface area contributed by atoms with Crippen molar-refractivity contribution in [3.8, 4) is 11.5 Å². The number of benzene rings is 1. The zero-order valence-electron chi connectivity index (χ0n) is 12.9. The number of rotatable bonds is 6. The number of methoxy groups -OCH3 is 1. The molecule has 0 bridgehead atoms. The quantitative estimate of drug-likeness (QED) is 0.858. The van der Waals surface area contributed by atoms with Gasteiger partial charge in [0.05, 0.1) is 13.2 Å². The topological polar surface area (TPSA) is 30.5 Å². The fraction of sp³-hybridized carbons (Fsp3) is 0.647. The Morgan fingerprint density at radius 1 is 1.25 bits per heavy atom. The van der Waals surface area contributed by atoms with Gasteiger partial charge in [-0.25, -0.2) is 0 Å². The SMILES string of the molecule is CCC1CCCC(Oc2ccc(CNC)cc2OC)C1. The maximum atomic E-state index is 6.20. The van der Waals surface area contributed by atoms with Gasteiger partial charge >= 0.3 is 0 Å². The van der Waals surface area contributed by atoms with Crippen molar-refractivity contribution in [2.45, 2.75) is 51.7 Å². The van der Waals surface area contributed by atoms with Gasteiger partial charge in [-0.1, -0.05) is 25.8 Å². The van der Waals surface area contributed by atoms with E-state index in [9.17, 15) is 0 Å². The highest BCUT2D eigenvalue weighted by atomic mass is 16.5. The standard InChI is InChI=1S/C17H27NO2/c1-4-13-6-5-7-15(10-13)20-16-9-8-14(12-18-2)11-17(16)19-3/h8-9,11,13,15,18H,4-7,10,12H2,1-3H3. The highest BCUT2D eigenvalue weighted by molar-refractivity contribution is 5.43. The van der Waals surface area contributed by atoms with Crippen LogP contribution in [0.1, 0.15) is 44.6 Å². The summed E-state index contributed by atoms with van der Waals surface area (Å²) in [6, 6.07) is 6.21. The lowest BCUT2D eigenvalue weighted by Gasteiger charge is -2.29. The Hall–Kier alpha value is -1.22. The molecular weight excluding hydrogens is 250 g/mol. The summed E-state index contributed by atoms with van der Waals surface area (Å²) < 4.78 is 11.7.